The van der Waals surface area contributed by atoms with Crippen LogP contribution >= 0.6 is 11.6 Å². The number of carbonyl (C=O) groups excluding carboxylic acids is 1. The van der Waals surface area contributed by atoms with E-state index < -0.39 is 11.4 Å². The van der Waals surface area contributed by atoms with Gasteiger partial charge in [0.2, 0.25) is 0 Å². The molecule has 9 heteroatoms. The topological polar surface area (TPSA) is 79.2 Å². The number of Topliss-reactive ketones (excluding diaryl/α,β-unsaturated/α-hetero) is 1. The first-order valence-electron chi connectivity index (χ1n) is 12.9. The van der Waals surface area contributed by atoms with Crippen molar-refractivity contribution in [2.45, 2.75) is 18.4 Å². The highest BCUT2D eigenvalue weighted by molar-refractivity contribution is 6.35. The van der Waals surface area contributed by atoms with Crippen molar-refractivity contribution in [3.63, 3.8) is 0 Å². The number of halogens is 2. The van der Waals surface area contributed by atoms with Gasteiger partial charge in [0.05, 0.1) is 29.7 Å². The lowest BCUT2D eigenvalue weighted by atomic mass is 9.65. The number of ether oxygens (including phenoxy) is 1. The molecule has 2 atom stereocenters. The largest absolute Gasteiger partial charge is 0.378 e. The molecule has 4 aliphatic rings. The van der Waals surface area contributed by atoms with Crippen molar-refractivity contribution in [3.05, 3.63) is 82.3 Å². The lowest BCUT2D eigenvalue weighted by Crippen LogP contribution is -2.52. The molecule has 2 unspecified atom stereocenters. The zero-order chi connectivity index (χ0) is 25.9. The molecule has 1 saturated heterocycles. The van der Waals surface area contributed by atoms with E-state index in [1.165, 1.54) is 6.07 Å². The van der Waals surface area contributed by atoms with Crippen molar-refractivity contribution < 1.29 is 13.9 Å². The average Bonchev–Trinajstić information content (AvgIpc) is 3.33. The van der Waals surface area contributed by atoms with Crippen LogP contribution in [0.1, 0.15) is 23.1 Å². The van der Waals surface area contributed by atoms with E-state index in [0.717, 1.165) is 41.2 Å². The van der Waals surface area contributed by atoms with Crippen LogP contribution in [0.2, 0.25) is 5.02 Å². The first-order chi connectivity index (χ1) is 18.6. The number of pyridine rings is 1. The molecule has 2 aromatic carbocycles. The molecule has 192 valence electrons. The second-order valence-electron chi connectivity index (χ2n) is 10.00. The molecule has 7 rings (SSSR count). The summed E-state index contributed by atoms with van der Waals surface area (Å²) < 4.78 is 20.4. The van der Waals surface area contributed by atoms with Gasteiger partial charge in [0.15, 0.2) is 5.54 Å². The molecular formula is C29H25ClFN5O2. The summed E-state index contributed by atoms with van der Waals surface area (Å²) >= 11 is 6.41. The number of aliphatic imine (C=N–C) groups is 2. The van der Waals surface area contributed by atoms with E-state index in [2.05, 4.69) is 21.3 Å². The molecule has 1 fully saturated rings. The first kappa shape index (κ1) is 23.5. The van der Waals surface area contributed by atoms with Gasteiger partial charge in [-0.2, -0.15) is 0 Å². The average molecular weight is 530 g/mol. The number of amidine groups is 2. The number of carbonyl (C=O) groups is 1. The van der Waals surface area contributed by atoms with Gasteiger partial charge in [0.1, 0.15) is 29.1 Å². The molecule has 4 heterocycles. The summed E-state index contributed by atoms with van der Waals surface area (Å²) in [6.45, 7) is 3.43. The smallest absolute Gasteiger partial charge is 0.155 e. The summed E-state index contributed by atoms with van der Waals surface area (Å²) in [6.07, 6.45) is 2.71. The molecule has 1 aromatic heterocycles. The highest BCUT2D eigenvalue weighted by Gasteiger charge is 2.57. The third-order valence-corrected chi connectivity index (χ3v) is 8.31. The van der Waals surface area contributed by atoms with Gasteiger partial charge in [-0.15, -0.1) is 0 Å². The Morgan fingerprint density at radius 3 is 2.82 bits per heavy atom. The van der Waals surface area contributed by atoms with Crippen molar-refractivity contribution >= 4 is 34.9 Å². The number of aromatic nitrogens is 1. The molecule has 1 aliphatic carbocycles. The Balaban J connectivity index is 1.40. The van der Waals surface area contributed by atoms with E-state index in [1.54, 1.807) is 12.1 Å². The van der Waals surface area contributed by atoms with Gasteiger partial charge in [0.25, 0.3) is 0 Å². The van der Waals surface area contributed by atoms with Gasteiger partial charge < -0.3 is 15.0 Å². The van der Waals surface area contributed by atoms with E-state index >= 15 is 0 Å². The maximum atomic E-state index is 14.9. The predicted molar refractivity (Wildman–Crippen MR) is 145 cm³/mol. The van der Waals surface area contributed by atoms with Crippen molar-refractivity contribution in [1.29, 1.82) is 0 Å². The zero-order valence-corrected chi connectivity index (χ0v) is 21.3. The molecule has 3 aliphatic heterocycles. The summed E-state index contributed by atoms with van der Waals surface area (Å²) in [5.41, 5.74) is 2.98. The van der Waals surface area contributed by atoms with Crippen LogP contribution in [0.25, 0.3) is 11.1 Å². The fourth-order valence-corrected chi connectivity index (χ4v) is 6.50. The Morgan fingerprint density at radius 1 is 1.13 bits per heavy atom. The summed E-state index contributed by atoms with van der Waals surface area (Å²) in [6, 6.07) is 14.7. The fourth-order valence-electron chi connectivity index (χ4n) is 6.25. The Hall–Kier alpha value is -3.62. The van der Waals surface area contributed by atoms with Gasteiger partial charge in [-0.05, 0) is 52.9 Å². The van der Waals surface area contributed by atoms with Crippen LogP contribution in [0.15, 0.2) is 64.7 Å². The first-order valence-corrected chi connectivity index (χ1v) is 13.2. The molecule has 7 nitrogen and oxygen atoms in total. The van der Waals surface area contributed by atoms with E-state index in [0.29, 0.717) is 44.3 Å². The van der Waals surface area contributed by atoms with Crippen LogP contribution in [0.4, 0.5) is 10.2 Å². The molecule has 0 saturated carbocycles. The third kappa shape index (κ3) is 3.50. The molecule has 0 bridgehead atoms. The molecule has 38 heavy (non-hydrogen) atoms. The van der Waals surface area contributed by atoms with E-state index in [-0.39, 0.29) is 22.3 Å². The Morgan fingerprint density at radius 2 is 1.97 bits per heavy atom. The Labute approximate surface area is 224 Å². The number of ketones is 1. The van der Waals surface area contributed by atoms with Crippen LogP contribution in [0.5, 0.6) is 0 Å². The van der Waals surface area contributed by atoms with Crippen LogP contribution in [-0.2, 0) is 21.5 Å². The summed E-state index contributed by atoms with van der Waals surface area (Å²) in [4.78, 5) is 30.4. The fraction of sp³-hybridized carbons (Fsp3) is 0.310. The minimum absolute atomic E-state index is 0.117. The maximum absolute atomic E-state index is 14.9. The minimum Gasteiger partial charge on any atom is -0.378 e. The maximum Gasteiger partial charge on any atom is 0.155 e. The number of benzene rings is 2. The van der Waals surface area contributed by atoms with Crippen LogP contribution in [0.3, 0.4) is 0 Å². The van der Waals surface area contributed by atoms with Gasteiger partial charge in [-0.1, -0.05) is 35.9 Å². The number of rotatable bonds is 3. The van der Waals surface area contributed by atoms with Gasteiger partial charge >= 0.3 is 0 Å². The highest BCUT2D eigenvalue weighted by atomic mass is 35.5. The van der Waals surface area contributed by atoms with Gasteiger partial charge in [-0.3, -0.25) is 9.79 Å². The van der Waals surface area contributed by atoms with Crippen LogP contribution < -0.4 is 10.2 Å². The summed E-state index contributed by atoms with van der Waals surface area (Å²) in [7, 11) is 0. The van der Waals surface area contributed by atoms with Crippen molar-refractivity contribution in [3.8, 4) is 11.1 Å². The monoisotopic (exact) mass is 529 g/mol. The highest BCUT2D eigenvalue weighted by Crippen LogP contribution is 2.50. The Bertz CT molecular complexity index is 1510. The number of hydrogen-bond acceptors (Lipinski definition) is 7. The zero-order valence-electron chi connectivity index (χ0n) is 20.6. The van der Waals surface area contributed by atoms with E-state index in [4.69, 9.17) is 26.3 Å². The van der Waals surface area contributed by atoms with Crippen molar-refractivity contribution in [2.75, 3.05) is 37.7 Å². The van der Waals surface area contributed by atoms with Crippen molar-refractivity contribution in [2.24, 2.45) is 15.9 Å². The van der Waals surface area contributed by atoms with Crippen LogP contribution in [0, 0.1) is 11.7 Å². The molecule has 0 radical (unpaired) electrons. The number of nitrogens with zero attached hydrogens (tertiary/aromatic N) is 4. The SMILES string of the molecule is O=C1Cc2c(-c3ccnc(N4CCOCC4)c3)cccc2C23N=C(c4c(F)cccc4Cl)NC2=NCCC13. The van der Waals surface area contributed by atoms with Gasteiger partial charge in [-0.25, -0.2) is 14.4 Å². The summed E-state index contributed by atoms with van der Waals surface area (Å²) in [5.74, 6) is 1.04. The van der Waals surface area contributed by atoms with E-state index in [9.17, 15) is 9.18 Å². The number of nitrogens with one attached hydrogen (secondary N) is 1. The molecule has 0 amide bonds. The minimum atomic E-state index is -1.03. The summed E-state index contributed by atoms with van der Waals surface area (Å²) in [5, 5.41) is 3.50. The lowest BCUT2D eigenvalue weighted by molar-refractivity contribution is -0.124. The second kappa shape index (κ2) is 8.99. The molecule has 1 N–H and O–H groups in total. The van der Waals surface area contributed by atoms with E-state index in [1.807, 2.05) is 30.5 Å². The number of fused-ring (bicyclic) bond motifs is 1. The number of morpholine rings is 1. The normalized spacial score (nSPS) is 24.1. The quantitative estimate of drug-likeness (QED) is 0.551. The standard InChI is InChI=1S/C29H25ClFN5O2/c30-22-5-2-6-23(31)26(22)27-34-28-29(35-27)20-4-1-3-18(19(20)16-24(37)21(29)8-10-33-28)17-7-9-32-25(15-17)36-11-13-38-14-12-36/h1-7,9,15,21H,8,10-14,16H2,(H,33,34,35). The molecule has 1 spiro atoms. The number of hydrogen-bond donors (Lipinski definition) is 1. The van der Waals surface area contributed by atoms with Gasteiger partial charge in [0, 0.05) is 32.3 Å². The molecule has 3 aromatic rings. The lowest BCUT2D eigenvalue weighted by Gasteiger charge is -2.42. The molecular weight excluding hydrogens is 505 g/mol. The number of anilines is 1. The van der Waals surface area contributed by atoms with Crippen LogP contribution in [-0.4, -0.2) is 55.3 Å². The second-order valence-corrected chi connectivity index (χ2v) is 10.4. The predicted octanol–water partition coefficient (Wildman–Crippen LogP) is 4.17. The third-order valence-electron chi connectivity index (χ3n) is 8.00. The Kier molecular flexibility index (Phi) is 5.56. The van der Waals surface area contributed by atoms with Crippen molar-refractivity contribution in [1.82, 2.24) is 10.3 Å².